The Kier molecular flexibility index (Phi) is 19.2. The molecule has 0 aliphatic carbocycles. The Balaban J connectivity index is 0.00000151. The zero-order valence-corrected chi connectivity index (χ0v) is 31.9. The highest BCUT2D eigenvalue weighted by atomic mass is 19.4. The van der Waals surface area contributed by atoms with Crippen molar-refractivity contribution >= 4 is 41.6 Å². The number of nitrogen functional groups attached to an aromatic ring is 1. The van der Waals surface area contributed by atoms with Gasteiger partial charge in [0, 0.05) is 18.7 Å². The summed E-state index contributed by atoms with van der Waals surface area (Å²) >= 11 is 0. The van der Waals surface area contributed by atoms with E-state index in [-0.39, 0.29) is 50.8 Å². The van der Waals surface area contributed by atoms with Crippen LogP contribution in [-0.2, 0) is 42.4 Å². The van der Waals surface area contributed by atoms with E-state index in [1.807, 2.05) is 72.8 Å². The molecule has 0 heterocycles. The Bertz CT molecular complexity index is 1840. The first-order valence-electron chi connectivity index (χ1n) is 18.0. The van der Waals surface area contributed by atoms with Crippen molar-refractivity contribution < 1.29 is 47.0 Å². The van der Waals surface area contributed by atoms with E-state index >= 15 is 0 Å². The van der Waals surface area contributed by atoms with E-state index in [2.05, 4.69) is 20.9 Å². The van der Waals surface area contributed by atoms with Crippen LogP contribution in [0.5, 0.6) is 0 Å². The fourth-order valence-corrected chi connectivity index (χ4v) is 5.42. The second kappa shape index (κ2) is 23.4. The van der Waals surface area contributed by atoms with Gasteiger partial charge in [-0.2, -0.15) is 13.2 Å². The zero-order chi connectivity index (χ0) is 43.3. The Hall–Kier alpha value is -6.66. The SMILES string of the molecule is CC(Cc1ccc(C(=N)N)cc1)(C(=O)N[C@@H](CCCCNC(=O)OCc1ccccc1)C(=O)N[C@@H](CCCN=C(N)N)C(N)=O)c1ccccc1.O=C(O)C(F)(F)F. The summed E-state index contributed by atoms with van der Waals surface area (Å²) in [6, 6.07) is 23.5. The molecule has 4 amide bonds. The molecular formula is C39H50F3N9O7. The van der Waals surface area contributed by atoms with Crippen LogP contribution in [0.25, 0.3) is 0 Å². The van der Waals surface area contributed by atoms with Gasteiger partial charge < -0.3 is 48.7 Å². The van der Waals surface area contributed by atoms with Crippen LogP contribution in [0.2, 0.25) is 0 Å². The second-order valence-corrected chi connectivity index (χ2v) is 13.2. The third kappa shape index (κ3) is 17.0. The summed E-state index contributed by atoms with van der Waals surface area (Å²) in [5.41, 5.74) is 23.9. The summed E-state index contributed by atoms with van der Waals surface area (Å²) < 4.78 is 37.0. The van der Waals surface area contributed by atoms with Crippen molar-refractivity contribution in [3.8, 4) is 0 Å². The van der Waals surface area contributed by atoms with Crippen LogP contribution in [-0.4, -0.2) is 78.0 Å². The number of unbranched alkanes of at least 4 members (excludes halogenated alkanes) is 1. The molecule has 0 saturated carbocycles. The van der Waals surface area contributed by atoms with E-state index in [0.717, 1.165) is 16.7 Å². The number of aliphatic imine (C=N–C) groups is 1. The van der Waals surface area contributed by atoms with Crippen molar-refractivity contribution in [2.75, 3.05) is 13.1 Å². The molecule has 0 bridgehead atoms. The molecule has 19 heteroatoms. The van der Waals surface area contributed by atoms with Gasteiger partial charge in [0.05, 0.1) is 5.41 Å². The van der Waals surface area contributed by atoms with Crippen LogP contribution in [0.4, 0.5) is 18.0 Å². The average molecular weight is 814 g/mol. The number of nitrogens with one attached hydrogen (secondary N) is 4. The number of carbonyl (C=O) groups excluding carboxylic acids is 4. The largest absolute Gasteiger partial charge is 0.490 e. The van der Waals surface area contributed by atoms with E-state index in [0.29, 0.717) is 24.8 Å². The first-order chi connectivity index (χ1) is 27.3. The number of hydrogen-bond donors (Lipinski definition) is 9. The number of carbonyl (C=O) groups is 5. The van der Waals surface area contributed by atoms with Gasteiger partial charge in [-0.25, -0.2) is 9.59 Å². The van der Waals surface area contributed by atoms with Crippen LogP contribution in [0.15, 0.2) is 89.9 Å². The minimum absolute atomic E-state index is 0.0660. The summed E-state index contributed by atoms with van der Waals surface area (Å²) in [5.74, 6) is -4.63. The molecule has 314 valence electrons. The third-order valence-corrected chi connectivity index (χ3v) is 8.61. The number of alkyl halides is 3. The van der Waals surface area contributed by atoms with Gasteiger partial charge in [-0.1, -0.05) is 84.9 Å². The quantitative estimate of drug-likeness (QED) is 0.0457. The van der Waals surface area contributed by atoms with Crippen molar-refractivity contribution in [3.63, 3.8) is 0 Å². The number of guanidine groups is 1. The molecule has 0 aliphatic heterocycles. The van der Waals surface area contributed by atoms with Gasteiger partial charge in [0.25, 0.3) is 0 Å². The summed E-state index contributed by atoms with van der Waals surface area (Å²) in [7, 11) is 0. The predicted octanol–water partition coefficient (Wildman–Crippen LogP) is 2.71. The number of benzene rings is 3. The summed E-state index contributed by atoms with van der Waals surface area (Å²) in [6.07, 6.45) is -3.68. The maximum Gasteiger partial charge on any atom is 0.490 e. The van der Waals surface area contributed by atoms with Crippen LogP contribution in [0, 0.1) is 5.41 Å². The predicted molar refractivity (Wildman–Crippen MR) is 210 cm³/mol. The Morgan fingerprint density at radius 3 is 1.90 bits per heavy atom. The van der Waals surface area contributed by atoms with Crippen molar-refractivity contribution in [2.24, 2.45) is 27.9 Å². The van der Waals surface area contributed by atoms with E-state index in [1.54, 1.807) is 19.1 Å². The van der Waals surface area contributed by atoms with Crippen molar-refractivity contribution in [2.45, 2.75) is 75.7 Å². The molecule has 16 nitrogen and oxygen atoms in total. The van der Waals surface area contributed by atoms with E-state index in [1.165, 1.54) is 0 Å². The Morgan fingerprint density at radius 1 is 0.793 bits per heavy atom. The number of aliphatic carboxylic acids is 1. The smallest absolute Gasteiger partial charge is 0.475 e. The lowest BCUT2D eigenvalue weighted by Crippen LogP contribution is -2.56. The molecule has 3 rings (SSSR count). The number of ether oxygens (including phenoxy) is 1. The third-order valence-electron chi connectivity index (χ3n) is 8.61. The molecule has 0 spiro atoms. The number of amides is 4. The van der Waals surface area contributed by atoms with Gasteiger partial charge >= 0.3 is 18.2 Å². The normalized spacial score (nSPS) is 12.8. The lowest BCUT2D eigenvalue weighted by Gasteiger charge is -2.32. The first-order valence-corrected chi connectivity index (χ1v) is 18.0. The zero-order valence-electron chi connectivity index (χ0n) is 31.9. The number of carboxylic acid groups (broad SMARTS) is 1. The first kappa shape index (κ1) is 47.5. The molecule has 58 heavy (non-hydrogen) atoms. The summed E-state index contributed by atoms with van der Waals surface area (Å²) in [5, 5.41) is 23.2. The van der Waals surface area contributed by atoms with Crippen LogP contribution in [0.3, 0.4) is 0 Å². The van der Waals surface area contributed by atoms with Crippen molar-refractivity contribution in [3.05, 3.63) is 107 Å². The molecule has 3 aromatic rings. The van der Waals surface area contributed by atoms with Gasteiger partial charge in [0.1, 0.15) is 24.5 Å². The highest BCUT2D eigenvalue weighted by Crippen LogP contribution is 2.29. The van der Waals surface area contributed by atoms with Gasteiger partial charge in [0.15, 0.2) is 5.96 Å². The van der Waals surface area contributed by atoms with Crippen molar-refractivity contribution in [1.29, 1.82) is 5.41 Å². The maximum atomic E-state index is 14.3. The fraction of sp³-hybridized carbons (Fsp3) is 0.359. The number of amidine groups is 1. The van der Waals surface area contributed by atoms with Gasteiger partial charge in [-0.3, -0.25) is 24.8 Å². The number of nitrogens with zero attached hydrogens (tertiary/aromatic N) is 1. The molecule has 0 saturated heterocycles. The molecule has 13 N–H and O–H groups in total. The van der Waals surface area contributed by atoms with E-state index in [9.17, 15) is 32.3 Å². The molecule has 0 fully saturated rings. The molecule has 0 aromatic heterocycles. The molecule has 0 aliphatic rings. The Morgan fingerprint density at radius 2 is 1.36 bits per heavy atom. The minimum Gasteiger partial charge on any atom is -0.475 e. The molecular weight excluding hydrogens is 763 g/mol. The summed E-state index contributed by atoms with van der Waals surface area (Å²) in [6.45, 7) is 2.45. The second-order valence-electron chi connectivity index (χ2n) is 13.2. The monoisotopic (exact) mass is 813 g/mol. The number of rotatable bonds is 20. The topological polar surface area (TPSA) is 291 Å². The number of carboxylic acids is 1. The standard InChI is InChI=1S/C37H49N9O5.C2HF3O2/c1-37(28-13-6-3-7-14-28,23-25-17-19-27(20-18-25)31(38)39)34(49)46-30(33(48)45-29(32(40)47)16-10-22-43-35(41)42)15-8-9-21-44-36(50)51-24-26-11-4-2-5-12-26;3-2(4,5)1(6)7/h2-7,11-14,17-20,29-30H,8-10,15-16,21-24H2,1H3,(H3,38,39)(H2,40,47)(H,44,50)(H,45,48)(H,46,49)(H4,41,42,43);(H,6,7)/t29-,30-,37?;/m0./s1. The van der Waals surface area contributed by atoms with Gasteiger partial charge in [-0.15, -0.1) is 0 Å². The molecule has 1 unspecified atom stereocenters. The maximum absolute atomic E-state index is 14.3. The Labute approximate surface area is 333 Å². The number of alkyl carbamates (subject to hydrolysis) is 1. The van der Waals surface area contributed by atoms with Crippen LogP contribution >= 0.6 is 0 Å². The average Bonchev–Trinajstić information content (AvgIpc) is 3.18. The lowest BCUT2D eigenvalue weighted by molar-refractivity contribution is -0.192. The molecule has 3 aromatic carbocycles. The summed E-state index contributed by atoms with van der Waals surface area (Å²) in [4.78, 5) is 65.3. The van der Waals surface area contributed by atoms with Crippen molar-refractivity contribution in [1.82, 2.24) is 16.0 Å². The number of halogens is 3. The van der Waals surface area contributed by atoms with Crippen LogP contribution < -0.4 is 38.9 Å². The highest BCUT2D eigenvalue weighted by molar-refractivity contribution is 5.96. The number of hydrogen-bond acceptors (Lipinski definition) is 8. The van der Waals surface area contributed by atoms with Crippen LogP contribution in [0.1, 0.15) is 61.3 Å². The fourth-order valence-electron chi connectivity index (χ4n) is 5.42. The van der Waals surface area contributed by atoms with Gasteiger partial charge in [-0.05, 0) is 62.1 Å². The van der Waals surface area contributed by atoms with Gasteiger partial charge in [0.2, 0.25) is 17.7 Å². The highest BCUT2D eigenvalue weighted by Gasteiger charge is 2.39. The molecule has 0 radical (unpaired) electrons. The number of primary amides is 1. The number of nitrogens with two attached hydrogens (primary N) is 4. The lowest BCUT2D eigenvalue weighted by atomic mass is 9.76. The van der Waals surface area contributed by atoms with E-state index < -0.39 is 53.5 Å². The minimum atomic E-state index is -5.08. The molecule has 3 atom stereocenters. The van der Waals surface area contributed by atoms with E-state index in [4.69, 9.17) is 43.0 Å².